The van der Waals surface area contributed by atoms with Gasteiger partial charge in [-0.1, -0.05) is 42.5 Å². The molecule has 0 atom stereocenters. The van der Waals surface area contributed by atoms with Gasteiger partial charge >= 0.3 is 0 Å². The summed E-state index contributed by atoms with van der Waals surface area (Å²) in [5.74, 6) is 0.870. The topological polar surface area (TPSA) is 46.5 Å². The average Bonchev–Trinajstić information content (AvgIpc) is 2.66. The van der Waals surface area contributed by atoms with Crippen LogP contribution in [-0.2, 0) is 13.0 Å². The van der Waals surface area contributed by atoms with Gasteiger partial charge in [0.05, 0.1) is 5.69 Å². The van der Waals surface area contributed by atoms with Crippen molar-refractivity contribution in [1.29, 1.82) is 0 Å². The summed E-state index contributed by atoms with van der Waals surface area (Å²) in [5, 5.41) is 4.20. The molecule has 1 N–H and O–H groups in total. The molecule has 25 heavy (non-hydrogen) atoms. The van der Waals surface area contributed by atoms with E-state index in [0.29, 0.717) is 6.61 Å². The molecular weight excluding hydrogens is 334 g/mol. The molecule has 2 aromatic carbocycles. The smallest absolute Gasteiger partial charge is 0.119 e. The van der Waals surface area contributed by atoms with Crippen LogP contribution in [0.15, 0.2) is 84.2 Å². The maximum Gasteiger partial charge on any atom is 0.119 e. The quantitative estimate of drug-likeness (QED) is 0.493. The predicted molar refractivity (Wildman–Crippen MR) is 105 cm³/mol. The van der Waals surface area contributed by atoms with E-state index >= 15 is 0 Å². The molecular formula is C20H20ClN3O. The number of nitrogens with one attached hydrogen (secondary N) is 1. The van der Waals surface area contributed by atoms with Crippen LogP contribution in [0.4, 0.5) is 5.69 Å². The first kappa shape index (κ1) is 18.5. The van der Waals surface area contributed by atoms with Gasteiger partial charge in [-0.05, 0) is 35.4 Å². The lowest BCUT2D eigenvalue weighted by Gasteiger charge is -2.06. The van der Waals surface area contributed by atoms with Crippen molar-refractivity contribution in [3.63, 3.8) is 0 Å². The van der Waals surface area contributed by atoms with Gasteiger partial charge in [-0.25, -0.2) is 0 Å². The molecule has 0 radical (unpaired) electrons. The number of halogens is 1. The minimum absolute atomic E-state index is 0. The Balaban J connectivity index is 0.00000225. The van der Waals surface area contributed by atoms with Gasteiger partial charge in [0.15, 0.2) is 0 Å². The standard InChI is InChI=1S/C20H19N3O.ClH/c1-2-4-18(5-3-1)16-24-20-8-6-17(7-9-20)10-15-22-23-19-11-13-21-14-12-19;/h1-9,11-15H,10,16H2,(H,21,23);1H. The average molecular weight is 354 g/mol. The zero-order valence-corrected chi connectivity index (χ0v) is 14.5. The fourth-order valence-electron chi connectivity index (χ4n) is 2.16. The van der Waals surface area contributed by atoms with E-state index in [2.05, 4.69) is 39.8 Å². The van der Waals surface area contributed by atoms with E-state index in [0.717, 1.165) is 23.4 Å². The molecule has 0 aliphatic rings. The van der Waals surface area contributed by atoms with Crippen LogP contribution in [0.1, 0.15) is 11.1 Å². The van der Waals surface area contributed by atoms with Gasteiger partial charge in [-0.15, -0.1) is 12.4 Å². The van der Waals surface area contributed by atoms with Crippen LogP contribution in [0.25, 0.3) is 0 Å². The van der Waals surface area contributed by atoms with Crippen LogP contribution in [0.5, 0.6) is 5.75 Å². The maximum atomic E-state index is 5.78. The van der Waals surface area contributed by atoms with E-state index in [1.807, 2.05) is 48.7 Å². The van der Waals surface area contributed by atoms with Crippen LogP contribution in [-0.4, -0.2) is 11.2 Å². The minimum atomic E-state index is 0. The van der Waals surface area contributed by atoms with Gasteiger partial charge in [0, 0.05) is 25.0 Å². The Hall–Kier alpha value is -2.85. The number of rotatable bonds is 7. The fourth-order valence-corrected chi connectivity index (χ4v) is 2.16. The number of nitrogens with zero attached hydrogens (tertiary/aromatic N) is 2. The predicted octanol–water partition coefficient (Wildman–Crippen LogP) is 4.72. The zero-order valence-electron chi connectivity index (χ0n) is 13.7. The van der Waals surface area contributed by atoms with E-state index < -0.39 is 0 Å². The molecule has 3 aromatic rings. The molecule has 0 saturated heterocycles. The largest absolute Gasteiger partial charge is 0.489 e. The molecule has 0 spiro atoms. The molecule has 0 aliphatic heterocycles. The number of ether oxygens (including phenoxy) is 1. The van der Waals surface area contributed by atoms with Gasteiger partial charge in [-0.2, -0.15) is 5.10 Å². The summed E-state index contributed by atoms with van der Waals surface area (Å²) in [5.41, 5.74) is 6.24. The van der Waals surface area contributed by atoms with Crippen molar-refractivity contribution >= 4 is 24.3 Å². The Morgan fingerprint density at radius 1 is 0.880 bits per heavy atom. The number of benzene rings is 2. The maximum absolute atomic E-state index is 5.78. The van der Waals surface area contributed by atoms with E-state index in [1.54, 1.807) is 12.4 Å². The second kappa shape index (κ2) is 10.1. The third kappa shape index (κ3) is 6.28. The van der Waals surface area contributed by atoms with Crippen molar-refractivity contribution in [3.05, 3.63) is 90.3 Å². The van der Waals surface area contributed by atoms with Gasteiger partial charge in [0.2, 0.25) is 0 Å². The van der Waals surface area contributed by atoms with Crippen LogP contribution >= 0.6 is 12.4 Å². The third-order valence-electron chi connectivity index (χ3n) is 3.46. The summed E-state index contributed by atoms with van der Waals surface area (Å²) in [6, 6.07) is 22.0. The highest BCUT2D eigenvalue weighted by atomic mass is 35.5. The van der Waals surface area contributed by atoms with Crippen LogP contribution in [0, 0.1) is 0 Å². The summed E-state index contributed by atoms with van der Waals surface area (Å²) >= 11 is 0. The van der Waals surface area contributed by atoms with Crippen molar-refractivity contribution < 1.29 is 4.74 Å². The molecule has 0 aliphatic carbocycles. The monoisotopic (exact) mass is 353 g/mol. The molecule has 128 valence electrons. The first-order valence-electron chi connectivity index (χ1n) is 7.83. The number of hydrogen-bond acceptors (Lipinski definition) is 4. The Morgan fingerprint density at radius 3 is 2.32 bits per heavy atom. The number of hydrogen-bond donors (Lipinski definition) is 1. The van der Waals surface area contributed by atoms with Crippen molar-refractivity contribution in [2.24, 2.45) is 5.10 Å². The highest BCUT2D eigenvalue weighted by Crippen LogP contribution is 2.14. The first-order valence-corrected chi connectivity index (χ1v) is 7.83. The summed E-state index contributed by atoms with van der Waals surface area (Å²) in [6.07, 6.45) is 6.06. The Bertz CT molecular complexity index is 762. The lowest BCUT2D eigenvalue weighted by Crippen LogP contribution is -1.96. The molecule has 0 amide bonds. The fraction of sp³-hybridized carbons (Fsp3) is 0.100. The molecule has 0 bridgehead atoms. The van der Waals surface area contributed by atoms with Gasteiger partial charge < -0.3 is 4.74 Å². The van der Waals surface area contributed by atoms with Crippen molar-refractivity contribution in [3.8, 4) is 5.75 Å². The molecule has 5 heteroatoms. The normalized spacial score (nSPS) is 10.2. The highest BCUT2D eigenvalue weighted by molar-refractivity contribution is 5.85. The second-order valence-corrected chi connectivity index (χ2v) is 5.28. The Morgan fingerprint density at radius 2 is 1.60 bits per heavy atom. The van der Waals surface area contributed by atoms with Crippen LogP contribution in [0.2, 0.25) is 0 Å². The van der Waals surface area contributed by atoms with Crippen molar-refractivity contribution in [1.82, 2.24) is 4.98 Å². The molecule has 0 saturated carbocycles. The third-order valence-corrected chi connectivity index (χ3v) is 3.46. The van der Waals surface area contributed by atoms with Gasteiger partial charge in [0.1, 0.15) is 12.4 Å². The Labute approximate surface area is 154 Å². The van der Waals surface area contributed by atoms with E-state index in [-0.39, 0.29) is 12.4 Å². The number of anilines is 1. The summed E-state index contributed by atoms with van der Waals surface area (Å²) in [4.78, 5) is 3.96. The summed E-state index contributed by atoms with van der Waals surface area (Å²) in [6.45, 7) is 0.581. The van der Waals surface area contributed by atoms with E-state index in [4.69, 9.17) is 4.74 Å². The lowest BCUT2D eigenvalue weighted by atomic mass is 10.1. The molecule has 3 rings (SSSR count). The molecule has 1 aromatic heterocycles. The Kier molecular flexibility index (Phi) is 7.47. The highest BCUT2D eigenvalue weighted by Gasteiger charge is 1.96. The van der Waals surface area contributed by atoms with Gasteiger partial charge in [-0.3, -0.25) is 10.4 Å². The van der Waals surface area contributed by atoms with E-state index in [1.165, 1.54) is 5.56 Å². The summed E-state index contributed by atoms with van der Waals surface area (Å²) in [7, 11) is 0. The lowest BCUT2D eigenvalue weighted by molar-refractivity contribution is 0.306. The van der Waals surface area contributed by atoms with E-state index in [9.17, 15) is 0 Å². The zero-order chi connectivity index (χ0) is 16.5. The van der Waals surface area contributed by atoms with Crippen molar-refractivity contribution in [2.45, 2.75) is 13.0 Å². The molecule has 4 nitrogen and oxygen atoms in total. The number of aromatic nitrogens is 1. The molecule has 0 fully saturated rings. The minimum Gasteiger partial charge on any atom is -0.489 e. The number of hydrazone groups is 1. The van der Waals surface area contributed by atoms with Crippen molar-refractivity contribution in [2.75, 3.05) is 5.43 Å². The number of pyridine rings is 1. The molecule has 0 unspecified atom stereocenters. The molecule has 1 heterocycles. The second-order valence-electron chi connectivity index (χ2n) is 5.28. The SMILES string of the molecule is C(Cc1ccc(OCc2ccccc2)cc1)=NNc1ccncc1.Cl. The van der Waals surface area contributed by atoms with Gasteiger partial charge in [0.25, 0.3) is 0 Å². The van der Waals surface area contributed by atoms with Crippen LogP contribution in [0.3, 0.4) is 0 Å². The van der Waals surface area contributed by atoms with Crippen LogP contribution < -0.4 is 10.2 Å². The summed E-state index contributed by atoms with van der Waals surface area (Å²) < 4.78 is 5.78. The first-order chi connectivity index (χ1) is 11.9.